The lowest BCUT2D eigenvalue weighted by Crippen LogP contribution is -1.70. The van der Waals surface area contributed by atoms with Crippen molar-refractivity contribution in [3.05, 3.63) is 12.2 Å². The first-order chi connectivity index (χ1) is 5.41. The fourth-order valence-corrected chi connectivity index (χ4v) is 0.921. The standard InChI is InChI=1S/C8H15Br.C2H6/c1-2-3-4-5-6-7-8-9;1-2/h4-5H,2-3,6-8H2,1H3;1-2H3/b5-4-;. The van der Waals surface area contributed by atoms with E-state index < -0.39 is 0 Å². The van der Waals surface area contributed by atoms with Gasteiger partial charge in [-0.1, -0.05) is 55.3 Å². The summed E-state index contributed by atoms with van der Waals surface area (Å²) in [6.45, 7) is 6.20. The highest BCUT2D eigenvalue weighted by atomic mass is 79.9. The molecule has 11 heavy (non-hydrogen) atoms. The molecule has 0 aromatic rings. The van der Waals surface area contributed by atoms with Gasteiger partial charge in [-0.3, -0.25) is 0 Å². The Kier molecular flexibility index (Phi) is 20.9. The van der Waals surface area contributed by atoms with Gasteiger partial charge < -0.3 is 0 Å². The molecule has 0 N–H and O–H groups in total. The van der Waals surface area contributed by atoms with Crippen LogP contribution in [0.25, 0.3) is 0 Å². The number of allylic oxidation sites excluding steroid dienone is 2. The SMILES string of the molecule is CC.CCC/C=C\CCCBr. The first-order valence-corrected chi connectivity index (χ1v) is 5.75. The molecule has 0 heterocycles. The summed E-state index contributed by atoms with van der Waals surface area (Å²) >= 11 is 3.38. The topological polar surface area (TPSA) is 0 Å². The quantitative estimate of drug-likeness (QED) is 0.363. The largest absolute Gasteiger partial charge is 0.0928 e. The lowest BCUT2D eigenvalue weighted by molar-refractivity contribution is 0.929. The zero-order valence-electron chi connectivity index (χ0n) is 8.07. The van der Waals surface area contributed by atoms with Gasteiger partial charge in [0.1, 0.15) is 0 Å². The minimum atomic E-state index is 1.13. The molecule has 0 bridgehead atoms. The van der Waals surface area contributed by atoms with Gasteiger partial charge in [0, 0.05) is 5.33 Å². The van der Waals surface area contributed by atoms with Gasteiger partial charge in [0.05, 0.1) is 0 Å². The van der Waals surface area contributed by atoms with Crippen LogP contribution in [0.2, 0.25) is 0 Å². The van der Waals surface area contributed by atoms with Crippen LogP contribution in [0.5, 0.6) is 0 Å². The molecule has 0 saturated heterocycles. The van der Waals surface area contributed by atoms with Crippen LogP contribution in [0, 0.1) is 0 Å². The average Bonchev–Trinajstić information content (AvgIpc) is 2.08. The second kappa shape index (κ2) is 16.7. The molecule has 0 aliphatic rings. The molecule has 0 rings (SSSR count). The van der Waals surface area contributed by atoms with Gasteiger partial charge in [-0.05, 0) is 19.3 Å². The highest BCUT2D eigenvalue weighted by molar-refractivity contribution is 9.09. The zero-order chi connectivity index (χ0) is 8.95. The fourth-order valence-electron chi connectivity index (χ4n) is 0.597. The molecular formula is C10H21Br. The van der Waals surface area contributed by atoms with Crippen LogP contribution < -0.4 is 0 Å². The first kappa shape index (κ1) is 13.8. The summed E-state index contributed by atoms with van der Waals surface area (Å²) in [6, 6.07) is 0. The third kappa shape index (κ3) is 17.8. The van der Waals surface area contributed by atoms with Crippen molar-refractivity contribution in [1.82, 2.24) is 0 Å². The van der Waals surface area contributed by atoms with Crippen molar-refractivity contribution in [2.24, 2.45) is 0 Å². The van der Waals surface area contributed by atoms with E-state index in [1.807, 2.05) is 13.8 Å². The zero-order valence-corrected chi connectivity index (χ0v) is 9.65. The number of halogens is 1. The van der Waals surface area contributed by atoms with E-state index >= 15 is 0 Å². The van der Waals surface area contributed by atoms with Gasteiger partial charge in [-0.25, -0.2) is 0 Å². The summed E-state index contributed by atoms with van der Waals surface area (Å²) < 4.78 is 0. The third-order valence-corrected chi connectivity index (χ3v) is 1.69. The molecule has 0 amide bonds. The van der Waals surface area contributed by atoms with Crippen molar-refractivity contribution >= 4 is 15.9 Å². The van der Waals surface area contributed by atoms with Gasteiger partial charge in [0.2, 0.25) is 0 Å². The highest BCUT2D eigenvalue weighted by Crippen LogP contribution is 1.96. The molecule has 0 nitrogen and oxygen atoms in total. The molecule has 0 saturated carbocycles. The second-order valence-corrected chi connectivity index (χ2v) is 2.88. The van der Waals surface area contributed by atoms with E-state index in [4.69, 9.17) is 0 Å². The van der Waals surface area contributed by atoms with Gasteiger partial charge in [0.15, 0.2) is 0 Å². The fraction of sp³-hybridized carbons (Fsp3) is 0.800. The molecule has 1 heteroatoms. The molecule has 0 aromatic carbocycles. The number of hydrogen-bond acceptors (Lipinski definition) is 0. The van der Waals surface area contributed by atoms with Gasteiger partial charge >= 0.3 is 0 Å². The molecule has 0 atom stereocenters. The third-order valence-electron chi connectivity index (χ3n) is 1.13. The van der Waals surface area contributed by atoms with Gasteiger partial charge in [0.25, 0.3) is 0 Å². The van der Waals surface area contributed by atoms with E-state index in [1.54, 1.807) is 0 Å². The van der Waals surface area contributed by atoms with Gasteiger partial charge in [-0.2, -0.15) is 0 Å². The predicted octanol–water partition coefficient (Wildman–Crippen LogP) is 4.54. The van der Waals surface area contributed by atoms with Crippen LogP contribution in [0.1, 0.15) is 46.5 Å². The van der Waals surface area contributed by atoms with Crippen LogP contribution in [0.15, 0.2) is 12.2 Å². The summed E-state index contributed by atoms with van der Waals surface area (Å²) in [7, 11) is 0. The number of rotatable bonds is 5. The normalized spacial score (nSPS) is 9.45. The van der Waals surface area contributed by atoms with E-state index in [9.17, 15) is 0 Å². The van der Waals surface area contributed by atoms with Crippen LogP contribution in [-0.4, -0.2) is 5.33 Å². The lowest BCUT2D eigenvalue weighted by Gasteiger charge is -1.86. The van der Waals surface area contributed by atoms with E-state index in [-0.39, 0.29) is 0 Å². The molecule has 0 aliphatic heterocycles. The number of unbranched alkanes of at least 4 members (excludes halogenated alkanes) is 2. The van der Waals surface area contributed by atoms with Crippen molar-refractivity contribution < 1.29 is 0 Å². The van der Waals surface area contributed by atoms with Crippen molar-refractivity contribution in [3.8, 4) is 0 Å². The summed E-state index contributed by atoms with van der Waals surface area (Å²) in [4.78, 5) is 0. The van der Waals surface area contributed by atoms with Gasteiger partial charge in [-0.15, -0.1) is 0 Å². The summed E-state index contributed by atoms with van der Waals surface area (Å²) in [5.41, 5.74) is 0. The number of hydrogen-bond donors (Lipinski definition) is 0. The van der Waals surface area contributed by atoms with Crippen LogP contribution in [-0.2, 0) is 0 Å². The second-order valence-electron chi connectivity index (χ2n) is 2.09. The Balaban J connectivity index is 0. The lowest BCUT2D eigenvalue weighted by atomic mass is 10.2. The minimum absolute atomic E-state index is 1.13. The molecule has 0 aromatic heterocycles. The van der Waals surface area contributed by atoms with Crippen molar-refractivity contribution in [2.45, 2.75) is 46.5 Å². The van der Waals surface area contributed by atoms with Crippen LogP contribution in [0.4, 0.5) is 0 Å². The average molecular weight is 221 g/mol. The first-order valence-electron chi connectivity index (χ1n) is 4.62. The Labute approximate surface area is 80.2 Å². The highest BCUT2D eigenvalue weighted by Gasteiger charge is 1.77. The van der Waals surface area contributed by atoms with Crippen LogP contribution in [0.3, 0.4) is 0 Å². The molecule has 0 unspecified atom stereocenters. The van der Waals surface area contributed by atoms with Crippen LogP contribution >= 0.6 is 15.9 Å². The van der Waals surface area contributed by atoms with Crippen molar-refractivity contribution in [3.63, 3.8) is 0 Å². The summed E-state index contributed by atoms with van der Waals surface area (Å²) in [5, 5.41) is 1.13. The smallest absolute Gasteiger partial charge is 0.00342 e. The minimum Gasteiger partial charge on any atom is -0.0928 e. The summed E-state index contributed by atoms with van der Waals surface area (Å²) in [5.74, 6) is 0. The molecular weight excluding hydrogens is 200 g/mol. The summed E-state index contributed by atoms with van der Waals surface area (Å²) in [6.07, 6.45) is 9.53. The Bertz CT molecular complexity index is 67.3. The Hall–Kier alpha value is 0.220. The molecule has 0 radical (unpaired) electrons. The van der Waals surface area contributed by atoms with Crippen molar-refractivity contribution in [1.29, 1.82) is 0 Å². The monoisotopic (exact) mass is 220 g/mol. The Morgan fingerprint density at radius 3 is 2.09 bits per heavy atom. The van der Waals surface area contributed by atoms with E-state index in [2.05, 4.69) is 35.0 Å². The van der Waals surface area contributed by atoms with Crippen molar-refractivity contribution in [2.75, 3.05) is 5.33 Å². The molecule has 0 fully saturated rings. The molecule has 0 spiro atoms. The molecule has 68 valence electrons. The van der Waals surface area contributed by atoms with E-state index in [1.165, 1.54) is 25.7 Å². The Morgan fingerprint density at radius 1 is 1.09 bits per heavy atom. The predicted molar refractivity (Wildman–Crippen MR) is 58.4 cm³/mol. The van der Waals surface area contributed by atoms with E-state index in [0.29, 0.717) is 0 Å². The Morgan fingerprint density at radius 2 is 1.64 bits per heavy atom. The number of alkyl halides is 1. The maximum atomic E-state index is 3.38. The maximum absolute atomic E-state index is 3.38. The van der Waals surface area contributed by atoms with E-state index in [0.717, 1.165) is 5.33 Å². The maximum Gasteiger partial charge on any atom is 0.00342 e. The molecule has 0 aliphatic carbocycles.